The summed E-state index contributed by atoms with van der Waals surface area (Å²) < 4.78 is 0. The number of halogens is 1. The lowest BCUT2D eigenvalue weighted by Crippen LogP contribution is -2.32. The van der Waals surface area contributed by atoms with Gasteiger partial charge >= 0.3 is 0 Å². The van der Waals surface area contributed by atoms with E-state index in [-0.39, 0.29) is 16.4 Å². The van der Waals surface area contributed by atoms with Crippen molar-refractivity contribution in [3.05, 3.63) is 103 Å². The van der Waals surface area contributed by atoms with Crippen LogP contribution in [-0.4, -0.2) is 23.0 Å². The topological polar surface area (TPSA) is 114 Å². The Morgan fingerprint density at radius 3 is 2.55 bits per heavy atom. The number of nitro groups is 1. The fraction of sp³-hybridized carbons (Fsp3) is 0. The second-order valence-electron chi connectivity index (χ2n) is 6.06. The molecule has 0 bridgehead atoms. The van der Waals surface area contributed by atoms with Gasteiger partial charge in [-0.25, -0.2) is 5.43 Å². The van der Waals surface area contributed by atoms with E-state index in [1.807, 2.05) is 11.4 Å². The Morgan fingerprint density at radius 2 is 1.87 bits per heavy atom. The number of thiophene rings is 1. The van der Waals surface area contributed by atoms with Crippen LogP contribution in [0.25, 0.3) is 6.08 Å². The van der Waals surface area contributed by atoms with E-state index in [9.17, 15) is 19.7 Å². The summed E-state index contributed by atoms with van der Waals surface area (Å²) in [5.74, 6) is -1.10. The highest BCUT2D eigenvalue weighted by atomic mass is 35.5. The molecule has 2 aromatic carbocycles. The highest BCUT2D eigenvalue weighted by molar-refractivity contribution is 7.10. The monoisotopic (exact) mass is 454 g/mol. The van der Waals surface area contributed by atoms with Crippen molar-refractivity contribution >= 4 is 52.7 Å². The Labute approximate surface area is 186 Å². The molecule has 2 N–H and O–H groups in total. The first-order valence-electron chi connectivity index (χ1n) is 8.83. The van der Waals surface area contributed by atoms with Crippen LogP contribution in [0.1, 0.15) is 20.8 Å². The molecule has 0 spiro atoms. The van der Waals surface area contributed by atoms with Gasteiger partial charge in [0, 0.05) is 22.1 Å². The molecule has 3 aromatic rings. The van der Waals surface area contributed by atoms with E-state index in [1.54, 1.807) is 36.4 Å². The molecule has 0 aliphatic rings. The van der Waals surface area contributed by atoms with Crippen molar-refractivity contribution in [1.29, 1.82) is 0 Å². The molecule has 1 aromatic heterocycles. The predicted octanol–water partition coefficient (Wildman–Crippen LogP) is 4.23. The molecule has 10 heteroatoms. The van der Waals surface area contributed by atoms with Gasteiger partial charge in [0.25, 0.3) is 17.5 Å². The number of nitrogens with one attached hydrogen (secondary N) is 2. The summed E-state index contributed by atoms with van der Waals surface area (Å²) in [6.07, 6.45) is 2.77. The summed E-state index contributed by atoms with van der Waals surface area (Å²) in [5, 5.41) is 19.2. The van der Waals surface area contributed by atoms with E-state index in [0.717, 1.165) is 4.88 Å². The molecular formula is C21H15ClN4O4S. The second kappa shape index (κ2) is 10.3. The van der Waals surface area contributed by atoms with E-state index in [2.05, 4.69) is 15.8 Å². The van der Waals surface area contributed by atoms with Crippen LogP contribution in [0.15, 0.2) is 76.8 Å². The maximum atomic E-state index is 12.6. The van der Waals surface area contributed by atoms with E-state index in [4.69, 9.17) is 11.6 Å². The van der Waals surface area contributed by atoms with Gasteiger partial charge in [0.15, 0.2) is 0 Å². The van der Waals surface area contributed by atoms with Crippen molar-refractivity contribution in [1.82, 2.24) is 10.7 Å². The van der Waals surface area contributed by atoms with Crippen molar-refractivity contribution < 1.29 is 14.5 Å². The van der Waals surface area contributed by atoms with Gasteiger partial charge in [0.2, 0.25) is 0 Å². The van der Waals surface area contributed by atoms with Crippen LogP contribution in [-0.2, 0) is 4.79 Å². The van der Waals surface area contributed by atoms with E-state index >= 15 is 0 Å². The third-order valence-electron chi connectivity index (χ3n) is 3.91. The number of carbonyl (C=O) groups is 2. The van der Waals surface area contributed by atoms with Gasteiger partial charge in [-0.3, -0.25) is 19.7 Å². The van der Waals surface area contributed by atoms with Gasteiger partial charge in [-0.15, -0.1) is 11.3 Å². The van der Waals surface area contributed by atoms with Gasteiger partial charge in [0.1, 0.15) is 10.7 Å². The molecule has 31 heavy (non-hydrogen) atoms. The standard InChI is InChI=1S/C21H15ClN4O4S/c22-17-9-8-14(11-19(17)26(29)30)13-23-25-21(28)18(12-16-7-4-10-31-16)24-20(27)15-5-2-1-3-6-15/h1-13H,(H,24,27)(H,25,28)/b18-12+,23-13-. The fourth-order valence-corrected chi connectivity index (χ4v) is 3.28. The molecule has 3 rings (SSSR count). The predicted molar refractivity (Wildman–Crippen MR) is 120 cm³/mol. The number of carbonyl (C=O) groups excluding carboxylic acids is 2. The number of rotatable bonds is 7. The number of hydrogen-bond donors (Lipinski definition) is 2. The molecule has 1 heterocycles. The molecular weight excluding hydrogens is 440 g/mol. The first-order valence-corrected chi connectivity index (χ1v) is 10.1. The Morgan fingerprint density at radius 1 is 1.10 bits per heavy atom. The molecule has 0 saturated carbocycles. The maximum absolute atomic E-state index is 12.6. The molecule has 156 valence electrons. The van der Waals surface area contributed by atoms with Crippen molar-refractivity contribution in [3.8, 4) is 0 Å². The first-order chi connectivity index (χ1) is 14.9. The largest absolute Gasteiger partial charge is 0.317 e. The Hall–Kier alpha value is -3.82. The molecule has 0 radical (unpaired) electrons. The number of nitro benzene ring substituents is 1. The van der Waals surface area contributed by atoms with Crippen molar-refractivity contribution in [2.24, 2.45) is 5.10 Å². The second-order valence-corrected chi connectivity index (χ2v) is 7.45. The fourth-order valence-electron chi connectivity index (χ4n) is 2.43. The average molecular weight is 455 g/mol. The van der Waals surface area contributed by atoms with Crippen LogP contribution in [0, 0.1) is 10.1 Å². The SMILES string of the molecule is O=C(N/N=C\c1ccc(Cl)c([N+](=O)[O-])c1)/C(=C\c1cccs1)NC(=O)c1ccccc1. The van der Waals surface area contributed by atoms with Crippen molar-refractivity contribution in [2.45, 2.75) is 0 Å². The van der Waals surface area contributed by atoms with Crippen LogP contribution in [0.2, 0.25) is 5.02 Å². The minimum atomic E-state index is -0.655. The van der Waals surface area contributed by atoms with Gasteiger partial charge in [-0.05, 0) is 35.7 Å². The number of hydrazone groups is 1. The number of nitrogens with zero attached hydrogens (tertiary/aromatic N) is 2. The lowest BCUT2D eigenvalue weighted by atomic mass is 10.2. The lowest BCUT2D eigenvalue weighted by Gasteiger charge is -2.08. The summed E-state index contributed by atoms with van der Waals surface area (Å²) in [6.45, 7) is 0. The molecule has 0 unspecified atom stereocenters. The van der Waals surface area contributed by atoms with E-state index in [0.29, 0.717) is 11.1 Å². The molecule has 0 aliphatic carbocycles. The van der Waals surface area contributed by atoms with Gasteiger partial charge < -0.3 is 5.32 Å². The van der Waals surface area contributed by atoms with Crippen LogP contribution in [0.4, 0.5) is 5.69 Å². The molecule has 0 aliphatic heterocycles. The summed E-state index contributed by atoms with van der Waals surface area (Å²) >= 11 is 7.18. The molecule has 0 fully saturated rings. The molecule has 0 atom stereocenters. The molecule has 8 nitrogen and oxygen atoms in total. The van der Waals surface area contributed by atoms with Crippen LogP contribution < -0.4 is 10.7 Å². The summed E-state index contributed by atoms with van der Waals surface area (Å²) in [5.41, 5.74) is 2.80. The van der Waals surface area contributed by atoms with E-state index in [1.165, 1.54) is 41.8 Å². The highest BCUT2D eigenvalue weighted by Gasteiger charge is 2.15. The summed E-state index contributed by atoms with van der Waals surface area (Å²) in [7, 11) is 0. The minimum absolute atomic E-state index is 0.00372. The van der Waals surface area contributed by atoms with Crippen LogP contribution in [0.5, 0.6) is 0 Å². The Balaban J connectivity index is 1.76. The van der Waals surface area contributed by atoms with Crippen LogP contribution >= 0.6 is 22.9 Å². The van der Waals surface area contributed by atoms with Gasteiger partial charge in [-0.2, -0.15) is 5.10 Å². The average Bonchev–Trinajstić information content (AvgIpc) is 3.28. The Bertz CT molecular complexity index is 1160. The smallest absolute Gasteiger partial charge is 0.288 e. The third-order valence-corrected chi connectivity index (χ3v) is 5.04. The molecule has 0 saturated heterocycles. The molecule has 2 amide bonds. The summed E-state index contributed by atoms with van der Waals surface area (Å²) in [4.78, 5) is 36.2. The van der Waals surface area contributed by atoms with Crippen molar-refractivity contribution in [3.63, 3.8) is 0 Å². The third kappa shape index (κ3) is 6.08. The first kappa shape index (κ1) is 21.9. The zero-order chi connectivity index (χ0) is 22.2. The highest BCUT2D eigenvalue weighted by Crippen LogP contribution is 2.24. The minimum Gasteiger partial charge on any atom is -0.317 e. The zero-order valence-electron chi connectivity index (χ0n) is 15.8. The van der Waals surface area contributed by atoms with Crippen molar-refractivity contribution in [2.75, 3.05) is 0 Å². The quantitative estimate of drug-likeness (QED) is 0.240. The normalized spacial score (nSPS) is 11.3. The van der Waals surface area contributed by atoms with E-state index < -0.39 is 16.7 Å². The maximum Gasteiger partial charge on any atom is 0.288 e. The number of amides is 2. The van der Waals surface area contributed by atoms with Gasteiger partial charge in [-0.1, -0.05) is 41.9 Å². The van der Waals surface area contributed by atoms with Gasteiger partial charge in [0.05, 0.1) is 11.1 Å². The summed E-state index contributed by atoms with van der Waals surface area (Å²) in [6, 6.07) is 16.2. The van der Waals surface area contributed by atoms with Crippen LogP contribution in [0.3, 0.4) is 0 Å². The lowest BCUT2D eigenvalue weighted by molar-refractivity contribution is -0.384. The zero-order valence-corrected chi connectivity index (χ0v) is 17.4. The number of hydrogen-bond acceptors (Lipinski definition) is 6. The Kier molecular flexibility index (Phi) is 7.26. The number of benzene rings is 2.